The molecule has 5 nitrogen and oxygen atoms in total. The van der Waals surface area contributed by atoms with Gasteiger partial charge in [-0.15, -0.1) is 0 Å². The van der Waals surface area contributed by atoms with Gasteiger partial charge >= 0.3 is 0 Å². The third-order valence-electron chi connectivity index (χ3n) is 3.32. The zero-order valence-electron chi connectivity index (χ0n) is 9.93. The van der Waals surface area contributed by atoms with E-state index in [1.165, 1.54) is 0 Å². The van der Waals surface area contributed by atoms with E-state index in [1.54, 1.807) is 12.1 Å². The molecular formula is C12H16IN3O2. The zero-order valence-corrected chi connectivity index (χ0v) is 12.1. The van der Waals surface area contributed by atoms with Crippen LogP contribution in [0.1, 0.15) is 25.7 Å². The Kier molecular flexibility index (Phi) is 4.39. The number of rotatable bonds is 3. The Morgan fingerprint density at radius 2 is 2.11 bits per heavy atom. The zero-order chi connectivity index (χ0) is 13.1. The van der Waals surface area contributed by atoms with Gasteiger partial charge in [0.15, 0.2) is 0 Å². The van der Waals surface area contributed by atoms with Crippen molar-refractivity contribution >= 4 is 34.0 Å². The van der Waals surface area contributed by atoms with E-state index < -0.39 is 0 Å². The van der Waals surface area contributed by atoms with Crippen molar-refractivity contribution < 1.29 is 4.92 Å². The van der Waals surface area contributed by atoms with Gasteiger partial charge in [-0.25, -0.2) is 0 Å². The quantitative estimate of drug-likeness (QED) is 0.493. The fourth-order valence-electron chi connectivity index (χ4n) is 2.32. The number of hydrogen-bond acceptors (Lipinski definition) is 4. The van der Waals surface area contributed by atoms with E-state index >= 15 is 0 Å². The van der Waals surface area contributed by atoms with E-state index in [-0.39, 0.29) is 22.7 Å². The van der Waals surface area contributed by atoms with E-state index in [4.69, 9.17) is 5.73 Å². The van der Waals surface area contributed by atoms with Crippen molar-refractivity contribution in [1.82, 2.24) is 0 Å². The first-order chi connectivity index (χ1) is 8.58. The highest BCUT2D eigenvalue weighted by molar-refractivity contribution is 14.1. The molecular weight excluding hydrogens is 345 g/mol. The Morgan fingerprint density at radius 1 is 1.39 bits per heavy atom. The predicted octanol–water partition coefficient (Wildman–Crippen LogP) is 2.88. The Labute approximate surface area is 119 Å². The minimum absolute atomic E-state index is 0.0811. The molecule has 0 spiro atoms. The molecule has 6 heteroatoms. The number of nitrogens with zero attached hydrogens (tertiary/aromatic N) is 1. The number of nitro benzene ring substituents is 1. The largest absolute Gasteiger partial charge is 0.375 e. The van der Waals surface area contributed by atoms with Crippen LogP contribution < -0.4 is 11.1 Å². The number of nitrogens with one attached hydrogen (secondary N) is 1. The third-order valence-corrected chi connectivity index (χ3v) is 3.99. The second-order valence-corrected chi connectivity index (χ2v) is 5.86. The molecule has 0 aromatic heterocycles. The molecule has 0 aliphatic heterocycles. The van der Waals surface area contributed by atoms with Crippen LogP contribution in [0.4, 0.5) is 11.4 Å². The number of halogens is 1. The van der Waals surface area contributed by atoms with Crippen molar-refractivity contribution in [1.29, 1.82) is 0 Å². The van der Waals surface area contributed by atoms with Crippen LogP contribution in [-0.2, 0) is 0 Å². The second kappa shape index (κ2) is 5.83. The first-order valence-electron chi connectivity index (χ1n) is 6.04. The minimum atomic E-state index is -0.348. The van der Waals surface area contributed by atoms with Gasteiger partial charge in [0.1, 0.15) is 5.69 Å². The first-order valence-corrected chi connectivity index (χ1v) is 7.12. The van der Waals surface area contributed by atoms with Crippen LogP contribution in [0.2, 0.25) is 0 Å². The van der Waals surface area contributed by atoms with Crippen LogP contribution in [-0.4, -0.2) is 17.0 Å². The highest BCUT2D eigenvalue weighted by Gasteiger charge is 2.24. The van der Waals surface area contributed by atoms with Gasteiger partial charge < -0.3 is 11.1 Å². The van der Waals surface area contributed by atoms with Gasteiger partial charge in [-0.3, -0.25) is 10.1 Å². The lowest BCUT2D eigenvalue weighted by atomic mass is 9.91. The van der Waals surface area contributed by atoms with Crippen LogP contribution in [0.5, 0.6) is 0 Å². The summed E-state index contributed by atoms with van der Waals surface area (Å²) in [6.07, 6.45) is 4.23. The molecule has 0 unspecified atom stereocenters. The van der Waals surface area contributed by atoms with Gasteiger partial charge in [0.05, 0.1) is 4.92 Å². The highest BCUT2D eigenvalue weighted by Crippen LogP contribution is 2.29. The second-order valence-electron chi connectivity index (χ2n) is 4.62. The Bertz CT molecular complexity index is 453. The smallest absolute Gasteiger partial charge is 0.293 e. The van der Waals surface area contributed by atoms with Crippen molar-refractivity contribution in [3.05, 3.63) is 31.9 Å². The van der Waals surface area contributed by atoms with Gasteiger partial charge in [-0.1, -0.05) is 12.8 Å². The van der Waals surface area contributed by atoms with Gasteiger partial charge in [0.25, 0.3) is 5.69 Å². The maximum absolute atomic E-state index is 11.0. The summed E-state index contributed by atoms with van der Waals surface area (Å²) in [5, 5.41) is 14.3. The molecule has 18 heavy (non-hydrogen) atoms. The summed E-state index contributed by atoms with van der Waals surface area (Å²) in [6, 6.07) is 5.43. The number of benzene rings is 1. The van der Waals surface area contributed by atoms with Crippen molar-refractivity contribution in [2.45, 2.75) is 37.8 Å². The van der Waals surface area contributed by atoms with E-state index in [9.17, 15) is 10.1 Å². The molecule has 1 aliphatic rings. The van der Waals surface area contributed by atoms with Gasteiger partial charge in [-0.2, -0.15) is 0 Å². The summed E-state index contributed by atoms with van der Waals surface area (Å²) in [6.45, 7) is 0. The standard InChI is InChI=1S/C12H16IN3O2/c13-8-5-6-11(12(7-8)16(17)18)15-10-4-2-1-3-9(10)14/h5-7,9-10,15H,1-4,14H2/t9-,10-/m1/s1. The summed E-state index contributed by atoms with van der Waals surface area (Å²) in [4.78, 5) is 10.7. The molecule has 1 aliphatic carbocycles. The minimum Gasteiger partial charge on any atom is -0.375 e. The molecule has 1 aromatic rings. The van der Waals surface area contributed by atoms with Crippen molar-refractivity contribution in [3.8, 4) is 0 Å². The molecule has 3 N–H and O–H groups in total. The first kappa shape index (κ1) is 13.5. The predicted molar refractivity (Wildman–Crippen MR) is 79.7 cm³/mol. The molecule has 0 bridgehead atoms. The molecule has 0 saturated heterocycles. The maximum atomic E-state index is 11.0. The van der Waals surface area contributed by atoms with Crippen LogP contribution in [0, 0.1) is 13.7 Å². The number of nitrogens with two attached hydrogens (primary N) is 1. The lowest BCUT2D eigenvalue weighted by molar-refractivity contribution is -0.384. The molecule has 0 amide bonds. The van der Waals surface area contributed by atoms with Gasteiger partial charge in [0, 0.05) is 21.7 Å². The lowest BCUT2D eigenvalue weighted by Crippen LogP contribution is -2.42. The van der Waals surface area contributed by atoms with E-state index in [2.05, 4.69) is 27.9 Å². The summed E-state index contributed by atoms with van der Waals surface area (Å²) in [5.41, 5.74) is 6.75. The molecule has 98 valence electrons. The lowest BCUT2D eigenvalue weighted by Gasteiger charge is -2.30. The molecule has 0 heterocycles. The summed E-state index contributed by atoms with van der Waals surface area (Å²) in [7, 11) is 0. The molecule has 1 saturated carbocycles. The van der Waals surface area contributed by atoms with Crippen LogP contribution in [0.3, 0.4) is 0 Å². The van der Waals surface area contributed by atoms with E-state index in [0.717, 1.165) is 29.3 Å². The molecule has 0 radical (unpaired) electrons. The topological polar surface area (TPSA) is 81.2 Å². The summed E-state index contributed by atoms with van der Waals surface area (Å²) < 4.78 is 0.859. The van der Waals surface area contributed by atoms with Crippen LogP contribution >= 0.6 is 22.6 Å². The van der Waals surface area contributed by atoms with E-state index in [0.29, 0.717) is 5.69 Å². The monoisotopic (exact) mass is 361 g/mol. The third kappa shape index (κ3) is 3.11. The number of nitro groups is 1. The van der Waals surface area contributed by atoms with Crippen LogP contribution in [0.15, 0.2) is 18.2 Å². The SMILES string of the molecule is N[C@@H]1CCCC[C@H]1Nc1ccc(I)cc1[N+](=O)[O-]. The summed E-state index contributed by atoms with van der Waals surface area (Å²) in [5.74, 6) is 0. The molecule has 1 fully saturated rings. The highest BCUT2D eigenvalue weighted by atomic mass is 127. The fraction of sp³-hybridized carbons (Fsp3) is 0.500. The van der Waals surface area contributed by atoms with Gasteiger partial charge in [-0.05, 0) is 47.6 Å². The van der Waals surface area contributed by atoms with Crippen LogP contribution in [0.25, 0.3) is 0 Å². The Hall–Kier alpha value is -0.890. The number of hydrogen-bond donors (Lipinski definition) is 2. The molecule has 2 atom stereocenters. The average molecular weight is 361 g/mol. The van der Waals surface area contributed by atoms with Crippen molar-refractivity contribution in [2.75, 3.05) is 5.32 Å². The maximum Gasteiger partial charge on any atom is 0.293 e. The Balaban J connectivity index is 2.20. The van der Waals surface area contributed by atoms with E-state index in [1.807, 2.05) is 6.07 Å². The Morgan fingerprint density at radius 3 is 2.78 bits per heavy atom. The average Bonchev–Trinajstić information content (AvgIpc) is 2.34. The molecule has 1 aromatic carbocycles. The molecule has 2 rings (SSSR count). The van der Waals surface area contributed by atoms with Crippen molar-refractivity contribution in [2.24, 2.45) is 5.73 Å². The van der Waals surface area contributed by atoms with Gasteiger partial charge in [0.2, 0.25) is 0 Å². The fourth-order valence-corrected chi connectivity index (χ4v) is 2.79. The van der Waals surface area contributed by atoms with Crippen molar-refractivity contribution in [3.63, 3.8) is 0 Å². The normalized spacial score (nSPS) is 23.7. The summed E-state index contributed by atoms with van der Waals surface area (Å²) >= 11 is 2.07. The number of anilines is 1.